The first-order valence-electron chi connectivity index (χ1n) is 8.93. The van der Waals surface area contributed by atoms with E-state index in [-0.39, 0.29) is 23.3 Å². The summed E-state index contributed by atoms with van der Waals surface area (Å²) in [5.74, 6) is 0.413. The largest absolute Gasteiger partial charge is 0.399 e. The maximum absolute atomic E-state index is 12.6. The quantitative estimate of drug-likeness (QED) is 0.606. The number of nitrogens with zero attached hydrogens (tertiary/aromatic N) is 1. The minimum Gasteiger partial charge on any atom is -0.399 e. The summed E-state index contributed by atoms with van der Waals surface area (Å²) in [6.07, 6.45) is 0.120. The Hall–Kier alpha value is -1.84. The Bertz CT molecular complexity index is 871. The van der Waals surface area contributed by atoms with Gasteiger partial charge in [-0.15, -0.1) is 11.8 Å². The molecular formula is C19H28N4O3S2. The third-order valence-electron chi connectivity index (χ3n) is 3.95. The molecule has 1 aliphatic heterocycles. The lowest BCUT2D eigenvalue weighted by atomic mass is 10.1. The van der Waals surface area contributed by atoms with Gasteiger partial charge in [-0.25, -0.2) is 13.1 Å². The van der Waals surface area contributed by atoms with Gasteiger partial charge in [0.1, 0.15) is 0 Å². The van der Waals surface area contributed by atoms with Crippen LogP contribution < -0.4 is 15.8 Å². The van der Waals surface area contributed by atoms with Gasteiger partial charge in [-0.05, 0) is 32.9 Å². The molecule has 0 bridgehead atoms. The molecule has 1 amide bonds. The van der Waals surface area contributed by atoms with Gasteiger partial charge in [0.05, 0.1) is 22.0 Å². The number of nitrogens with two attached hydrogens (primary N) is 1. The molecule has 0 aliphatic carbocycles. The number of thioether (sulfide) groups is 1. The van der Waals surface area contributed by atoms with Crippen molar-refractivity contribution in [1.82, 2.24) is 10.0 Å². The summed E-state index contributed by atoms with van der Waals surface area (Å²) in [6, 6.07) is 6.64. The zero-order valence-electron chi connectivity index (χ0n) is 16.7. The monoisotopic (exact) mass is 424 g/mol. The Morgan fingerprint density at radius 3 is 2.46 bits per heavy atom. The van der Waals surface area contributed by atoms with E-state index in [4.69, 9.17) is 10.7 Å². The molecule has 7 nitrogen and oxygen atoms in total. The second-order valence-electron chi connectivity index (χ2n) is 7.84. The van der Waals surface area contributed by atoms with Crippen molar-refractivity contribution in [3.8, 4) is 0 Å². The number of aliphatic imine (C=N–C) groups is 1. The van der Waals surface area contributed by atoms with Gasteiger partial charge >= 0.3 is 0 Å². The normalized spacial score (nSPS) is 20.4. The summed E-state index contributed by atoms with van der Waals surface area (Å²) in [5, 5.41) is 3.67. The number of carbonyl (C=O) groups is 1. The molecule has 1 aromatic carbocycles. The van der Waals surface area contributed by atoms with Gasteiger partial charge in [0.15, 0.2) is 0 Å². The van der Waals surface area contributed by atoms with Gasteiger partial charge in [0, 0.05) is 35.9 Å². The molecule has 0 saturated carbocycles. The van der Waals surface area contributed by atoms with Crippen LogP contribution in [-0.2, 0) is 14.8 Å². The fourth-order valence-corrected chi connectivity index (χ4v) is 5.24. The Balaban J connectivity index is 2.28. The van der Waals surface area contributed by atoms with Gasteiger partial charge in [0.25, 0.3) is 0 Å². The first-order chi connectivity index (χ1) is 12.9. The molecule has 2 atom stereocenters. The molecule has 0 aromatic heterocycles. The fraction of sp³-hybridized carbons (Fsp3) is 0.474. The first kappa shape index (κ1) is 22.4. The molecule has 0 saturated heterocycles. The van der Waals surface area contributed by atoms with Crippen LogP contribution in [0.15, 0.2) is 40.7 Å². The number of nitrogens with one attached hydrogen (secondary N) is 2. The molecule has 0 radical (unpaired) electrons. The summed E-state index contributed by atoms with van der Waals surface area (Å²) < 4.78 is 27.8. The molecule has 28 heavy (non-hydrogen) atoms. The molecule has 9 heteroatoms. The van der Waals surface area contributed by atoms with Crippen LogP contribution in [0.1, 0.15) is 39.7 Å². The lowest BCUT2D eigenvalue weighted by Gasteiger charge is -2.30. The molecule has 154 valence electrons. The summed E-state index contributed by atoms with van der Waals surface area (Å²) >= 11 is 1.52. The highest BCUT2D eigenvalue weighted by Gasteiger charge is 2.32. The lowest BCUT2D eigenvalue weighted by molar-refractivity contribution is -0.119. The van der Waals surface area contributed by atoms with E-state index in [1.807, 2.05) is 12.1 Å². The van der Waals surface area contributed by atoms with Crippen LogP contribution in [0.25, 0.3) is 0 Å². The van der Waals surface area contributed by atoms with E-state index in [2.05, 4.69) is 16.6 Å². The average molecular weight is 425 g/mol. The fourth-order valence-electron chi connectivity index (χ4n) is 2.75. The van der Waals surface area contributed by atoms with Crippen molar-refractivity contribution in [2.24, 2.45) is 4.99 Å². The predicted octanol–water partition coefficient (Wildman–Crippen LogP) is 2.26. The lowest BCUT2D eigenvalue weighted by Crippen LogP contribution is -2.47. The van der Waals surface area contributed by atoms with Crippen LogP contribution in [0.3, 0.4) is 0 Å². The molecule has 4 N–H and O–H groups in total. The van der Waals surface area contributed by atoms with E-state index in [0.29, 0.717) is 11.4 Å². The van der Waals surface area contributed by atoms with Crippen molar-refractivity contribution in [3.05, 3.63) is 41.3 Å². The third-order valence-corrected chi connectivity index (χ3v) is 6.90. The number of hydrogen-bond acceptors (Lipinski definition) is 6. The van der Waals surface area contributed by atoms with Crippen LogP contribution in [0.4, 0.5) is 5.69 Å². The predicted molar refractivity (Wildman–Crippen MR) is 117 cm³/mol. The Labute approximate surface area is 171 Å². The van der Waals surface area contributed by atoms with E-state index in [1.54, 1.807) is 32.9 Å². The molecular weight excluding hydrogens is 396 g/mol. The molecule has 1 unspecified atom stereocenters. The molecule has 1 heterocycles. The molecule has 2 rings (SSSR count). The van der Waals surface area contributed by atoms with E-state index in [1.165, 1.54) is 18.7 Å². The highest BCUT2D eigenvalue weighted by molar-refractivity contribution is 8.14. The summed E-state index contributed by atoms with van der Waals surface area (Å²) in [5.41, 5.74) is 6.70. The highest BCUT2D eigenvalue weighted by Crippen LogP contribution is 2.28. The molecule has 0 fully saturated rings. The van der Waals surface area contributed by atoms with Gasteiger partial charge in [-0.1, -0.05) is 18.7 Å². The zero-order chi connectivity index (χ0) is 21.1. The van der Waals surface area contributed by atoms with E-state index in [0.717, 1.165) is 10.6 Å². The van der Waals surface area contributed by atoms with Crippen molar-refractivity contribution in [1.29, 1.82) is 0 Å². The van der Waals surface area contributed by atoms with E-state index < -0.39 is 21.6 Å². The highest BCUT2D eigenvalue weighted by atomic mass is 32.2. The standard InChI is InChI=1S/C19H28N4O3S2/c1-12(28(25,26)23-19(3,4)5)10-16-17(21-13(2)24)11-27-18(22-16)14-6-8-15(20)9-7-14/h6-9,16-17,23H,1,10-11,20H2,2-5H3,(H,21,24)/t16-,17?/m1/s1. The van der Waals surface area contributed by atoms with E-state index >= 15 is 0 Å². The maximum atomic E-state index is 12.6. The Kier molecular flexibility index (Phi) is 6.95. The van der Waals surface area contributed by atoms with Crippen LogP contribution in [-0.4, -0.2) is 42.7 Å². The third kappa shape index (κ3) is 6.35. The number of hydrogen-bond donors (Lipinski definition) is 3. The van der Waals surface area contributed by atoms with Crippen LogP contribution in [0, 0.1) is 0 Å². The van der Waals surface area contributed by atoms with Crippen LogP contribution in [0.5, 0.6) is 0 Å². The minimum atomic E-state index is -3.71. The molecule has 0 spiro atoms. The Morgan fingerprint density at radius 1 is 1.32 bits per heavy atom. The van der Waals surface area contributed by atoms with Gasteiger partial charge in [-0.2, -0.15) is 0 Å². The number of carbonyl (C=O) groups excluding carboxylic acids is 1. The Morgan fingerprint density at radius 2 is 1.93 bits per heavy atom. The number of amides is 1. The van der Waals surface area contributed by atoms with Crippen molar-refractivity contribution < 1.29 is 13.2 Å². The number of rotatable bonds is 6. The SMILES string of the molecule is C=C(C[C@H]1N=C(c2ccc(N)cc2)SCC1NC(C)=O)S(=O)(=O)NC(C)(C)C. The molecule has 1 aromatic rings. The number of benzene rings is 1. The van der Waals surface area contributed by atoms with Crippen LogP contribution in [0.2, 0.25) is 0 Å². The smallest absolute Gasteiger partial charge is 0.236 e. The average Bonchev–Trinajstić information content (AvgIpc) is 2.54. The van der Waals surface area contributed by atoms with Gasteiger partial charge < -0.3 is 11.1 Å². The molecule has 1 aliphatic rings. The second kappa shape index (κ2) is 8.67. The summed E-state index contributed by atoms with van der Waals surface area (Å²) in [7, 11) is -3.71. The zero-order valence-corrected chi connectivity index (χ0v) is 18.3. The summed E-state index contributed by atoms with van der Waals surface area (Å²) in [6.45, 7) is 10.5. The van der Waals surface area contributed by atoms with Crippen molar-refractivity contribution in [3.63, 3.8) is 0 Å². The van der Waals surface area contributed by atoms with Gasteiger partial charge in [0.2, 0.25) is 15.9 Å². The van der Waals surface area contributed by atoms with Crippen molar-refractivity contribution in [2.45, 2.75) is 51.7 Å². The van der Waals surface area contributed by atoms with Crippen molar-refractivity contribution >= 4 is 38.4 Å². The van der Waals surface area contributed by atoms with Gasteiger partial charge in [-0.3, -0.25) is 9.79 Å². The topological polar surface area (TPSA) is 114 Å². The van der Waals surface area contributed by atoms with E-state index in [9.17, 15) is 13.2 Å². The maximum Gasteiger partial charge on any atom is 0.236 e. The number of anilines is 1. The van der Waals surface area contributed by atoms with Crippen LogP contribution >= 0.6 is 11.8 Å². The first-order valence-corrected chi connectivity index (χ1v) is 11.4. The number of sulfonamides is 1. The number of nitrogen functional groups attached to an aromatic ring is 1. The summed E-state index contributed by atoms with van der Waals surface area (Å²) in [4.78, 5) is 16.4. The second-order valence-corrected chi connectivity index (χ2v) is 10.6. The minimum absolute atomic E-state index is 0.0510. The van der Waals surface area contributed by atoms with Crippen molar-refractivity contribution in [2.75, 3.05) is 11.5 Å².